The molecule has 0 saturated carbocycles. The second-order valence-corrected chi connectivity index (χ2v) is 4.90. The predicted octanol–water partition coefficient (Wildman–Crippen LogP) is 2.28. The first kappa shape index (κ1) is 12.1. The van der Waals surface area contributed by atoms with E-state index in [4.69, 9.17) is 17.3 Å². The third-order valence-electron chi connectivity index (χ3n) is 3.24. The summed E-state index contributed by atoms with van der Waals surface area (Å²) in [5, 5.41) is 0.591. The molecule has 2 aromatic rings. The van der Waals surface area contributed by atoms with Crippen LogP contribution in [0.5, 0.6) is 0 Å². The summed E-state index contributed by atoms with van der Waals surface area (Å²) in [5.74, 6) is -0.103. The lowest BCUT2D eigenvalue weighted by Crippen LogP contribution is -2.31. The van der Waals surface area contributed by atoms with Crippen LogP contribution in [-0.4, -0.2) is 10.9 Å². The van der Waals surface area contributed by atoms with Crippen LogP contribution in [-0.2, 0) is 11.3 Å². The highest BCUT2D eigenvalue weighted by atomic mass is 35.5. The van der Waals surface area contributed by atoms with Crippen molar-refractivity contribution in [3.8, 4) is 0 Å². The maximum atomic E-state index is 12.2. The molecule has 1 amide bonds. The van der Waals surface area contributed by atoms with E-state index in [0.717, 1.165) is 16.8 Å². The normalized spacial score (nSPS) is 17.7. The Bertz CT molecular complexity index is 630. The fourth-order valence-corrected chi connectivity index (χ4v) is 2.45. The molecule has 2 heterocycles. The van der Waals surface area contributed by atoms with E-state index in [1.54, 1.807) is 29.4 Å². The van der Waals surface area contributed by atoms with Crippen LogP contribution in [0.15, 0.2) is 42.7 Å². The highest BCUT2D eigenvalue weighted by Gasteiger charge is 2.34. The van der Waals surface area contributed by atoms with Gasteiger partial charge in [-0.1, -0.05) is 11.6 Å². The number of aromatic nitrogens is 1. The van der Waals surface area contributed by atoms with E-state index in [2.05, 4.69) is 4.98 Å². The van der Waals surface area contributed by atoms with Gasteiger partial charge in [0.25, 0.3) is 0 Å². The van der Waals surface area contributed by atoms with Gasteiger partial charge in [-0.05, 0) is 35.9 Å². The highest BCUT2D eigenvalue weighted by molar-refractivity contribution is 6.31. The number of carbonyl (C=O) groups excluding carboxylic acids is 1. The van der Waals surface area contributed by atoms with Gasteiger partial charge < -0.3 is 10.6 Å². The topological polar surface area (TPSA) is 59.2 Å². The van der Waals surface area contributed by atoms with Crippen molar-refractivity contribution >= 4 is 23.2 Å². The maximum Gasteiger partial charge on any atom is 0.248 e. The second kappa shape index (κ2) is 4.64. The SMILES string of the molecule is NC1C(=O)N(Cc2ccncc2)c2ccc(Cl)cc21. The number of benzene rings is 1. The summed E-state index contributed by atoms with van der Waals surface area (Å²) in [6.45, 7) is 0.490. The smallest absolute Gasteiger partial charge is 0.248 e. The fraction of sp³-hybridized carbons (Fsp3) is 0.143. The Labute approximate surface area is 115 Å². The number of fused-ring (bicyclic) bond motifs is 1. The van der Waals surface area contributed by atoms with Crippen molar-refractivity contribution in [3.05, 3.63) is 58.9 Å². The number of anilines is 1. The monoisotopic (exact) mass is 273 g/mol. The third-order valence-corrected chi connectivity index (χ3v) is 3.47. The van der Waals surface area contributed by atoms with Gasteiger partial charge in [-0.3, -0.25) is 9.78 Å². The van der Waals surface area contributed by atoms with Gasteiger partial charge >= 0.3 is 0 Å². The molecule has 4 nitrogen and oxygen atoms in total. The van der Waals surface area contributed by atoms with Gasteiger partial charge in [0.1, 0.15) is 6.04 Å². The van der Waals surface area contributed by atoms with Gasteiger partial charge in [-0.2, -0.15) is 0 Å². The molecule has 96 valence electrons. The Balaban J connectivity index is 1.98. The molecular weight excluding hydrogens is 262 g/mol. The van der Waals surface area contributed by atoms with Crippen molar-refractivity contribution in [1.29, 1.82) is 0 Å². The van der Waals surface area contributed by atoms with Gasteiger partial charge in [0.2, 0.25) is 5.91 Å². The lowest BCUT2D eigenvalue weighted by Gasteiger charge is -2.17. The number of amides is 1. The average Bonchev–Trinajstić information content (AvgIpc) is 2.65. The van der Waals surface area contributed by atoms with Gasteiger partial charge in [0.05, 0.1) is 6.54 Å². The molecule has 1 atom stereocenters. The number of nitrogens with two attached hydrogens (primary N) is 1. The van der Waals surface area contributed by atoms with E-state index in [-0.39, 0.29) is 5.91 Å². The van der Waals surface area contributed by atoms with Gasteiger partial charge in [0, 0.05) is 28.7 Å². The summed E-state index contributed by atoms with van der Waals surface area (Å²) < 4.78 is 0. The maximum absolute atomic E-state index is 12.2. The predicted molar refractivity (Wildman–Crippen MR) is 73.8 cm³/mol. The van der Waals surface area contributed by atoms with E-state index >= 15 is 0 Å². The molecule has 0 radical (unpaired) electrons. The highest BCUT2D eigenvalue weighted by Crippen LogP contribution is 2.37. The molecule has 0 saturated heterocycles. The minimum atomic E-state index is -0.629. The van der Waals surface area contributed by atoms with Gasteiger partial charge in [-0.15, -0.1) is 0 Å². The molecule has 3 rings (SSSR count). The van der Waals surface area contributed by atoms with Crippen LogP contribution >= 0.6 is 11.6 Å². The minimum absolute atomic E-state index is 0.103. The summed E-state index contributed by atoms with van der Waals surface area (Å²) >= 11 is 5.95. The molecule has 0 spiro atoms. The quantitative estimate of drug-likeness (QED) is 0.913. The zero-order valence-electron chi connectivity index (χ0n) is 10.1. The van der Waals surface area contributed by atoms with Crippen molar-refractivity contribution in [2.45, 2.75) is 12.6 Å². The van der Waals surface area contributed by atoms with Crippen molar-refractivity contribution < 1.29 is 4.79 Å². The van der Waals surface area contributed by atoms with Gasteiger partial charge in [-0.25, -0.2) is 0 Å². The van der Waals surface area contributed by atoms with Crippen LogP contribution in [0.3, 0.4) is 0 Å². The molecule has 1 unspecified atom stereocenters. The fourth-order valence-electron chi connectivity index (χ4n) is 2.27. The minimum Gasteiger partial charge on any atom is -0.316 e. The average molecular weight is 274 g/mol. The molecular formula is C14H12ClN3O. The number of hydrogen-bond acceptors (Lipinski definition) is 3. The van der Waals surface area contributed by atoms with E-state index in [9.17, 15) is 4.79 Å². The number of hydrogen-bond donors (Lipinski definition) is 1. The van der Waals surface area contributed by atoms with Crippen LogP contribution in [0.4, 0.5) is 5.69 Å². The molecule has 1 aliphatic rings. The largest absolute Gasteiger partial charge is 0.316 e. The van der Waals surface area contributed by atoms with Crippen LogP contribution in [0.2, 0.25) is 5.02 Å². The zero-order chi connectivity index (χ0) is 13.4. The summed E-state index contributed by atoms with van der Waals surface area (Å²) in [7, 11) is 0. The molecule has 0 bridgehead atoms. The van der Waals surface area contributed by atoms with E-state index < -0.39 is 6.04 Å². The van der Waals surface area contributed by atoms with Crippen molar-refractivity contribution in [3.63, 3.8) is 0 Å². The van der Waals surface area contributed by atoms with Gasteiger partial charge in [0.15, 0.2) is 0 Å². The molecule has 1 aliphatic heterocycles. The van der Waals surface area contributed by atoms with Crippen LogP contribution in [0.25, 0.3) is 0 Å². The molecule has 19 heavy (non-hydrogen) atoms. The number of rotatable bonds is 2. The summed E-state index contributed by atoms with van der Waals surface area (Å²) in [4.78, 5) is 17.9. The third kappa shape index (κ3) is 2.09. The Morgan fingerprint density at radius 1 is 1.26 bits per heavy atom. The number of pyridine rings is 1. The molecule has 0 fully saturated rings. The zero-order valence-corrected chi connectivity index (χ0v) is 10.8. The molecule has 2 N–H and O–H groups in total. The first-order valence-corrected chi connectivity index (χ1v) is 6.30. The summed E-state index contributed by atoms with van der Waals surface area (Å²) in [6.07, 6.45) is 3.41. The number of nitrogens with zero attached hydrogens (tertiary/aromatic N) is 2. The Kier molecular flexibility index (Phi) is 2.97. The molecule has 1 aromatic heterocycles. The van der Waals surface area contributed by atoms with Crippen LogP contribution in [0.1, 0.15) is 17.2 Å². The Morgan fingerprint density at radius 2 is 2.00 bits per heavy atom. The molecule has 0 aliphatic carbocycles. The second-order valence-electron chi connectivity index (χ2n) is 4.46. The van der Waals surface area contributed by atoms with E-state index in [1.165, 1.54) is 0 Å². The molecule has 1 aromatic carbocycles. The Hall–Kier alpha value is -1.91. The first-order valence-electron chi connectivity index (χ1n) is 5.92. The lowest BCUT2D eigenvalue weighted by atomic mass is 10.1. The van der Waals surface area contributed by atoms with Crippen LogP contribution in [0, 0.1) is 0 Å². The lowest BCUT2D eigenvalue weighted by molar-refractivity contribution is -0.119. The van der Waals surface area contributed by atoms with Crippen LogP contribution < -0.4 is 10.6 Å². The number of halogens is 1. The first-order chi connectivity index (χ1) is 9.16. The van der Waals surface area contributed by atoms with E-state index in [0.29, 0.717) is 11.6 Å². The summed E-state index contributed by atoms with van der Waals surface area (Å²) in [5.41, 5.74) is 8.57. The molecule has 5 heteroatoms. The van der Waals surface area contributed by atoms with Crippen molar-refractivity contribution in [2.75, 3.05) is 4.90 Å². The Morgan fingerprint density at radius 3 is 2.74 bits per heavy atom. The summed E-state index contributed by atoms with van der Waals surface area (Å²) in [6, 6.07) is 8.50. The van der Waals surface area contributed by atoms with E-state index in [1.807, 2.05) is 18.2 Å². The van der Waals surface area contributed by atoms with Crippen molar-refractivity contribution in [2.24, 2.45) is 5.73 Å². The number of carbonyl (C=O) groups is 1. The standard InChI is InChI=1S/C14H12ClN3O/c15-10-1-2-12-11(7-10)13(16)14(19)18(12)8-9-3-5-17-6-4-9/h1-7,13H,8,16H2. The van der Waals surface area contributed by atoms with Crippen molar-refractivity contribution in [1.82, 2.24) is 4.98 Å².